The lowest BCUT2D eigenvalue weighted by Crippen LogP contribution is -2.40. The molecule has 172 valence electrons. The molecule has 4 rings (SSSR count). The van der Waals surface area contributed by atoms with Crippen molar-refractivity contribution in [2.75, 3.05) is 20.2 Å². The number of methoxy groups -OCH3 is 1. The third-order valence-electron chi connectivity index (χ3n) is 5.84. The van der Waals surface area contributed by atoms with Gasteiger partial charge in [0.25, 0.3) is 5.56 Å². The van der Waals surface area contributed by atoms with Gasteiger partial charge in [-0.3, -0.25) is 14.4 Å². The molecule has 1 saturated heterocycles. The third kappa shape index (κ3) is 5.21. The summed E-state index contributed by atoms with van der Waals surface area (Å²) in [6.07, 6.45) is 2.42. The molecule has 10 heteroatoms. The highest BCUT2D eigenvalue weighted by molar-refractivity contribution is 5.96. The fourth-order valence-corrected chi connectivity index (χ4v) is 4.00. The first-order valence-corrected chi connectivity index (χ1v) is 10.8. The molecule has 0 bridgehead atoms. The van der Waals surface area contributed by atoms with Crippen LogP contribution in [0.25, 0.3) is 10.9 Å². The van der Waals surface area contributed by atoms with Crippen LogP contribution in [0, 0.1) is 11.7 Å². The quantitative estimate of drug-likeness (QED) is 0.545. The van der Waals surface area contributed by atoms with Crippen LogP contribution in [0.3, 0.4) is 0 Å². The van der Waals surface area contributed by atoms with E-state index >= 15 is 0 Å². The molecule has 0 aliphatic carbocycles. The van der Waals surface area contributed by atoms with Gasteiger partial charge in [-0.2, -0.15) is 0 Å². The molecule has 3 aromatic rings. The lowest BCUT2D eigenvalue weighted by atomic mass is 9.90. The lowest BCUT2D eigenvalue weighted by molar-refractivity contribution is -0.132. The number of ketones is 1. The molecule has 0 unspecified atom stereocenters. The second-order valence-corrected chi connectivity index (χ2v) is 8.01. The number of fused-ring (bicyclic) bond motifs is 1. The summed E-state index contributed by atoms with van der Waals surface area (Å²) in [4.78, 5) is 46.1. The predicted molar refractivity (Wildman–Crippen MR) is 117 cm³/mol. The maximum atomic E-state index is 13.3. The summed E-state index contributed by atoms with van der Waals surface area (Å²) in [6, 6.07) is 7.10. The van der Waals surface area contributed by atoms with Gasteiger partial charge in [-0.15, -0.1) is 10.2 Å². The van der Waals surface area contributed by atoms with Crippen LogP contribution in [0.4, 0.5) is 4.39 Å². The zero-order valence-electron chi connectivity index (χ0n) is 18.2. The number of hydrogen-bond donors (Lipinski definition) is 1. The molecule has 0 spiro atoms. The first-order chi connectivity index (χ1) is 15.9. The van der Waals surface area contributed by atoms with E-state index in [9.17, 15) is 18.8 Å². The van der Waals surface area contributed by atoms with Crippen molar-refractivity contribution < 1.29 is 18.7 Å². The minimum Gasteiger partial charge on any atom is -0.480 e. The largest absolute Gasteiger partial charge is 0.480 e. The van der Waals surface area contributed by atoms with E-state index in [-0.39, 0.29) is 23.0 Å². The van der Waals surface area contributed by atoms with Gasteiger partial charge >= 0.3 is 0 Å². The molecular weight excluding hydrogens is 429 g/mol. The van der Waals surface area contributed by atoms with Crippen LogP contribution in [-0.2, 0) is 11.2 Å². The highest BCUT2D eigenvalue weighted by Crippen LogP contribution is 2.22. The fraction of sp³-hybridized carbons (Fsp3) is 0.391. The second-order valence-electron chi connectivity index (χ2n) is 8.01. The Kier molecular flexibility index (Phi) is 6.71. The number of carbonyl (C=O) groups is 2. The van der Waals surface area contributed by atoms with E-state index in [4.69, 9.17) is 4.74 Å². The van der Waals surface area contributed by atoms with E-state index in [1.807, 2.05) is 0 Å². The second kappa shape index (κ2) is 9.85. The lowest BCUT2D eigenvalue weighted by Gasteiger charge is -2.31. The van der Waals surface area contributed by atoms with E-state index in [0.717, 1.165) is 6.07 Å². The van der Waals surface area contributed by atoms with Crippen LogP contribution in [0.15, 0.2) is 35.1 Å². The molecule has 1 aromatic carbocycles. The van der Waals surface area contributed by atoms with Gasteiger partial charge in [0.1, 0.15) is 17.3 Å². The van der Waals surface area contributed by atoms with Gasteiger partial charge in [0, 0.05) is 37.9 Å². The van der Waals surface area contributed by atoms with E-state index in [1.54, 1.807) is 17.0 Å². The monoisotopic (exact) mass is 453 g/mol. The number of nitrogens with one attached hydrogen (secondary N) is 1. The molecule has 1 fully saturated rings. The molecule has 1 aliphatic heterocycles. The van der Waals surface area contributed by atoms with Gasteiger partial charge in [-0.05, 0) is 43.5 Å². The summed E-state index contributed by atoms with van der Waals surface area (Å²) in [7, 11) is 1.48. The van der Waals surface area contributed by atoms with Crippen LogP contribution in [0.2, 0.25) is 0 Å². The number of likely N-dealkylation sites (tertiary alicyclic amines) is 1. The highest BCUT2D eigenvalue weighted by atomic mass is 19.1. The number of hydrogen-bond acceptors (Lipinski definition) is 7. The number of ether oxygens (including phenoxy) is 1. The van der Waals surface area contributed by atoms with Gasteiger partial charge in [-0.25, -0.2) is 9.37 Å². The van der Waals surface area contributed by atoms with Crippen molar-refractivity contribution in [3.8, 4) is 5.88 Å². The molecule has 0 atom stereocenters. The Labute approximate surface area is 189 Å². The zero-order valence-corrected chi connectivity index (χ0v) is 18.2. The number of nitrogens with zero attached hydrogens (tertiary/aromatic N) is 4. The number of piperidine rings is 1. The Balaban J connectivity index is 1.26. The Bertz CT molecular complexity index is 1220. The van der Waals surface area contributed by atoms with Crippen LogP contribution >= 0.6 is 0 Å². The summed E-state index contributed by atoms with van der Waals surface area (Å²) in [5.74, 6) is 0.0865. The molecular formula is C23H24FN5O4. The molecule has 0 radical (unpaired) electrons. The number of rotatable bonds is 7. The zero-order chi connectivity index (χ0) is 23.4. The average molecular weight is 453 g/mol. The molecule has 3 heterocycles. The molecule has 1 amide bonds. The molecule has 2 aromatic heterocycles. The number of Topliss-reactive ketones (excluding diaryl/α,β-unsaturated/α-hetero) is 1. The van der Waals surface area contributed by atoms with Crippen molar-refractivity contribution in [1.29, 1.82) is 0 Å². The van der Waals surface area contributed by atoms with Gasteiger partial charge in [0.05, 0.1) is 18.0 Å². The number of carbonyl (C=O) groups excluding carboxylic acids is 2. The van der Waals surface area contributed by atoms with Crippen molar-refractivity contribution in [3.05, 3.63) is 58.0 Å². The van der Waals surface area contributed by atoms with Crippen molar-refractivity contribution in [2.45, 2.75) is 32.1 Å². The summed E-state index contributed by atoms with van der Waals surface area (Å²) in [5, 5.41) is 7.96. The predicted octanol–water partition coefficient (Wildman–Crippen LogP) is 2.30. The topological polar surface area (TPSA) is 118 Å². The molecule has 9 nitrogen and oxygen atoms in total. The number of amides is 1. The molecule has 0 saturated carbocycles. The summed E-state index contributed by atoms with van der Waals surface area (Å²) >= 11 is 0. The first kappa shape index (κ1) is 22.5. The first-order valence-electron chi connectivity index (χ1n) is 10.8. The van der Waals surface area contributed by atoms with Crippen molar-refractivity contribution in [3.63, 3.8) is 0 Å². The van der Waals surface area contributed by atoms with Crippen LogP contribution < -0.4 is 10.3 Å². The summed E-state index contributed by atoms with van der Waals surface area (Å²) in [6.45, 7) is 1.02. The Morgan fingerprint density at radius 1 is 1.18 bits per heavy atom. The number of aryl methyl sites for hydroxylation is 1. The number of aromatic amines is 1. The van der Waals surface area contributed by atoms with E-state index in [2.05, 4.69) is 20.2 Å². The summed E-state index contributed by atoms with van der Waals surface area (Å²) in [5.41, 5.74) is 0.337. The number of aromatic nitrogens is 4. The fourth-order valence-electron chi connectivity index (χ4n) is 4.00. The number of benzene rings is 1. The minimum atomic E-state index is -0.490. The van der Waals surface area contributed by atoms with E-state index < -0.39 is 11.4 Å². The van der Waals surface area contributed by atoms with Crippen molar-refractivity contribution >= 4 is 22.6 Å². The van der Waals surface area contributed by atoms with Crippen molar-refractivity contribution in [2.24, 2.45) is 5.92 Å². The van der Waals surface area contributed by atoms with Gasteiger partial charge in [0.15, 0.2) is 5.78 Å². The minimum absolute atomic E-state index is 0.00958. The van der Waals surface area contributed by atoms with Crippen molar-refractivity contribution in [1.82, 2.24) is 25.1 Å². The van der Waals surface area contributed by atoms with Crippen LogP contribution in [0.1, 0.15) is 42.0 Å². The number of H-pyrrole nitrogens is 1. The van der Waals surface area contributed by atoms with E-state index in [1.165, 1.54) is 19.2 Å². The summed E-state index contributed by atoms with van der Waals surface area (Å²) < 4.78 is 18.3. The number of halogens is 1. The highest BCUT2D eigenvalue weighted by Gasteiger charge is 2.28. The van der Waals surface area contributed by atoms with E-state index in [0.29, 0.717) is 68.1 Å². The molecule has 1 aliphatic rings. The molecule has 33 heavy (non-hydrogen) atoms. The average Bonchev–Trinajstić information content (AvgIpc) is 2.84. The van der Waals surface area contributed by atoms with Crippen LogP contribution in [0.5, 0.6) is 5.88 Å². The Morgan fingerprint density at radius 2 is 1.97 bits per heavy atom. The standard InChI is InChI=1S/C23H24FN5O4/c1-33-20-8-7-18(27-28-20)22(31)14-9-11-29(12-10-14)21(30)4-2-3-19-25-17-6-5-15(24)13-16(17)23(32)26-19/h5-8,13-14H,2-4,9-12H2,1H3,(H,25,26,32). The Morgan fingerprint density at radius 3 is 2.67 bits per heavy atom. The van der Waals surface area contributed by atoms with Crippen LogP contribution in [-0.4, -0.2) is 57.0 Å². The maximum Gasteiger partial charge on any atom is 0.258 e. The SMILES string of the molecule is COc1ccc(C(=O)C2CCN(C(=O)CCCc3nc4ccc(F)cc4c(=O)[nH]3)CC2)nn1. The van der Waals surface area contributed by atoms with Gasteiger partial charge < -0.3 is 14.6 Å². The van der Waals surface area contributed by atoms with Gasteiger partial charge in [0.2, 0.25) is 11.8 Å². The van der Waals surface area contributed by atoms with Gasteiger partial charge in [-0.1, -0.05) is 0 Å². The smallest absolute Gasteiger partial charge is 0.258 e. The molecule has 1 N–H and O–H groups in total. The maximum absolute atomic E-state index is 13.3. The normalized spacial score (nSPS) is 14.4. The Hall–Kier alpha value is -3.69. The third-order valence-corrected chi connectivity index (χ3v) is 5.84.